The molecule has 0 saturated carbocycles. The fraction of sp³-hybridized carbons (Fsp3) is 0.471. The van der Waals surface area contributed by atoms with Gasteiger partial charge in [0, 0.05) is 28.7 Å². The van der Waals surface area contributed by atoms with Gasteiger partial charge in [0.15, 0.2) is 6.04 Å². The number of alkyl carbamates (subject to hydrolysis) is 1. The summed E-state index contributed by atoms with van der Waals surface area (Å²) in [6, 6.07) is 10.3. The Balaban J connectivity index is 1.44. The molecule has 47 heavy (non-hydrogen) atoms. The van der Waals surface area contributed by atoms with Crippen LogP contribution in [0, 0.1) is 0 Å². The van der Waals surface area contributed by atoms with Gasteiger partial charge >= 0.3 is 6.09 Å². The number of carbonyl (C=O) groups excluding carboxylic acids is 2. The fourth-order valence-corrected chi connectivity index (χ4v) is 7.68. The molecule has 13 heteroatoms. The number of alkyl halides is 2. The molecule has 0 aromatic heterocycles. The molecule has 2 aliphatic rings. The molecular weight excluding hydrogens is 652 g/mol. The Morgan fingerprint density at radius 2 is 1.53 bits per heavy atom. The van der Waals surface area contributed by atoms with Crippen LogP contribution >= 0.6 is 11.6 Å². The molecule has 2 heterocycles. The van der Waals surface area contributed by atoms with Crippen molar-refractivity contribution < 1.29 is 36.3 Å². The van der Waals surface area contributed by atoms with Crippen molar-refractivity contribution in [2.45, 2.75) is 107 Å². The van der Waals surface area contributed by atoms with E-state index in [9.17, 15) is 18.0 Å². The van der Waals surface area contributed by atoms with Gasteiger partial charge in [0.25, 0.3) is 5.92 Å². The third-order valence-electron chi connectivity index (χ3n) is 8.29. The second-order valence-corrected chi connectivity index (χ2v) is 15.6. The number of hydrogen-bond acceptors (Lipinski definition) is 6. The zero-order valence-electron chi connectivity index (χ0n) is 26.9. The number of halogens is 3. The molecule has 254 valence electrons. The Labute approximate surface area is 279 Å². The highest BCUT2D eigenvalue weighted by atomic mass is 35.5. The van der Waals surface area contributed by atoms with Crippen LogP contribution in [0.25, 0.3) is 10.8 Å². The maximum absolute atomic E-state index is 16.4. The molecule has 0 radical (unpaired) electrons. The molecule has 2 amide bonds. The molecule has 2 aliphatic heterocycles. The number of fused-ring (bicyclic) bond motifs is 3. The number of hydrogen-bond donors (Lipinski definition) is 2. The summed E-state index contributed by atoms with van der Waals surface area (Å²) in [6.45, 7) is 9.01. The van der Waals surface area contributed by atoms with Gasteiger partial charge in [-0.2, -0.15) is 13.5 Å². The second kappa shape index (κ2) is 13.2. The van der Waals surface area contributed by atoms with Crippen LogP contribution in [0.15, 0.2) is 65.6 Å². The van der Waals surface area contributed by atoms with E-state index >= 15 is 8.78 Å². The highest BCUT2D eigenvalue weighted by Crippen LogP contribution is 2.40. The minimum absolute atomic E-state index is 0.0599. The molecule has 3 unspecified atom stereocenters. The van der Waals surface area contributed by atoms with Gasteiger partial charge in [0.05, 0.1) is 11.0 Å². The van der Waals surface area contributed by atoms with E-state index in [0.717, 1.165) is 12.1 Å². The molecule has 3 atom stereocenters. The van der Waals surface area contributed by atoms with E-state index in [1.807, 2.05) is 13.8 Å². The molecule has 0 aliphatic carbocycles. The van der Waals surface area contributed by atoms with E-state index in [4.69, 9.17) is 21.1 Å². The van der Waals surface area contributed by atoms with Crippen molar-refractivity contribution in [3.63, 3.8) is 0 Å². The van der Waals surface area contributed by atoms with Gasteiger partial charge in [-0.05, 0) is 107 Å². The number of amides is 2. The predicted octanol–water partition coefficient (Wildman–Crippen LogP) is 6.77. The lowest BCUT2D eigenvalue weighted by atomic mass is 9.94. The average Bonchev–Trinajstić information content (AvgIpc) is 3.24. The van der Waals surface area contributed by atoms with Crippen molar-refractivity contribution in [3.8, 4) is 5.75 Å². The zero-order chi connectivity index (χ0) is 34.3. The van der Waals surface area contributed by atoms with Crippen molar-refractivity contribution in [1.82, 2.24) is 14.9 Å². The van der Waals surface area contributed by atoms with E-state index in [-0.39, 0.29) is 22.1 Å². The number of nitrogens with one attached hydrogen (secondary N) is 2. The van der Waals surface area contributed by atoms with Crippen LogP contribution in [0.2, 0.25) is 5.02 Å². The van der Waals surface area contributed by atoms with Gasteiger partial charge in [-0.3, -0.25) is 4.79 Å². The summed E-state index contributed by atoms with van der Waals surface area (Å²) in [7, 11) is -4.63. The summed E-state index contributed by atoms with van der Waals surface area (Å²) in [5.41, 5.74) is -1.26. The van der Waals surface area contributed by atoms with Crippen LogP contribution in [0.4, 0.5) is 13.6 Å². The number of carbonyl (C=O) groups is 2. The van der Waals surface area contributed by atoms with Crippen molar-refractivity contribution in [2.24, 2.45) is 0 Å². The lowest BCUT2D eigenvalue weighted by Crippen LogP contribution is -2.61. The highest BCUT2D eigenvalue weighted by molar-refractivity contribution is 7.89. The predicted molar refractivity (Wildman–Crippen MR) is 175 cm³/mol. The minimum Gasteiger partial charge on any atom is -0.491 e. The first-order chi connectivity index (χ1) is 21.9. The number of piperidine rings is 1. The molecular formula is C34H40ClF2N3O6S. The summed E-state index contributed by atoms with van der Waals surface area (Å²) in [5.74, 6) is -4.37. The molecule has 2 saturated heterocycles. The first-order valence-electron chi connectivity index (χ1n) is 15.6. The van der Waals surface area contributed by atoms with Crippen LogP contribution in [0.3, 0.4) is 0 Å². The average molecular weight is 692 g/mol. The Morgan fingerprint density at radius 1 is 0.936 bits per heavy atom. The Kier molecular flexibility index (Phi) is 9.79. The largest absolute Gasteiger partial charge is 0.491 e. The Hall–Kier alpha value is -3.48. The van der Waals surface area contributed by atoms with Gasteiger partial charge in [0.2, 0.25) is 15.9 Å². The number of nitrogens with zero attached hydrogens (tertiary/aromatic N) is 1. The third-order valence-corrected chi connectivity index (χ3v) is 9.96. The normalized spacial score (nSPS) is 20.7. The number of sulfonamides is 1. The quantitative estimate of drug-likeness (QED) is 0.256. The maximum atomic E-state index is 16.4. The lowest BCUT2D eigenvalue weighted by molar-refractivity contribution is -0.149. The molecule has 9 nitrogen and oxygen atoms in total. The van der Waals surface area contributed by atoms with Crippen molar-refractivity contribution in [2.75, 3.05) is 0 Å². The standard InChI is InChI=1S/C34H40ClF2N3O6S/c1-20(2)45-28-14-6-22-17-29(15-7-21(22)16-28)47(43,44)39-30(34(36,37)23-8-10-24(35)11-9-23)31(41)40-26-12-13-27(40)19-25(18-26)38-32(42)46-33(3,4)5/h6-11,14-17,20,25-27,30,39H,12-13,18-19H2,1-5H3,(H,38,42). The van der Waals surface area contributed by atoms with Crippen molar-refractivity contribution in [3.05, 3.63) is 71.2 Å². The van der Waals surface area contributed by atoms with E-state index in [0.29, 0.717) is 42.2 Å². The second-order valence-electron chi connectivity index (χ2n) is 13.5. The summed E-state index contributed by atoms with van der Waals surface area (Å²) in [4.78, 5) is 27.7. The van der Waals surface area contributed by atoms with Crippen LogP contribution in [-0.2, 0) is 25.5 Å². The maximum Gasteiger partial charge on any atom is 0.407 e. The molecule has 2 fully saturated rings. The van der Waals surface area contributed by atoms with Crippen molar-refractivity contribution >= 4 is 44.4 Å². The van der Waals surface area contributed by atoms with Gasteiger partial charge < -0.3 is 19.7 Å². The number of rotatable bonds is 9. The third kappa shape index (κ3) is 7.98. The minimum atomic E-state index is -4.63. The molecule has 2 N–H and O–H groups in total. The van der Waals surface area contributed by atoms with Crippen LogP contribution in [-0.4, -0.2) is 61.2 Å². The number of ether oxygens (including phenoxy) is 2. The molecule has 0 spiro atoms. The van der Waals surface area contributed by atoms with Crippen LogP contribution in [0.1, 0.15) is 65.9 Å². The molecule has 5 rings (SSSR count). The molecule has 3 aromatic carbocycles. The van der Waals surface area contributed by atoms with Crippen molar-refractivity contribution in [1.29, 1.82) is 0 Å². The summed E-state index contributed by atoms with van der Waals surface area (Å²) >= 11 is 5.95. The Bertz CT molecular complexity index is 1730. The van der Waals surface area contributed by atoms with Crippen LogP contribution in [0.5, 0.6) is 5.75 Å². The van der Waals surface area contributed by atoms with E-state index in [2.05, 4.69) is 10.0 Å². The van der Waals surface area contributed by atoms with Gasteiger partial charge in [-0.1, -0.05) is 35.9 Å². The number of benzene rings is 3. The van der Waals surface area contributed by atoms with Crippen LogP contribution < -0.4 is 14.8 Å². The van der Waals surface area contributed by atoms with E-state index in [1.54, 1.807) is 45.0 Å². The fourth-order valence-electron chi connectivity index (χ4n) is 6.33. The topological polar surface area (TPSA) is 114 Å². The summed E-state index contributed by atoms with van der Waals surface area (Å²) < 4.78 is 73.5. The molecule has 2 bridgehead atoms. The molecule has 3 aromatic rings. The summed E-state index contributed by atoms with van der Waals surface area (Å²) in [6.07, 6.45) is 1.04. The lowest BCUT2D eigenvalue weighted by Gasteiger charge is -2.42. The smallest absolute Gasteiger partial charge is 0.407 e. The SMILES string of the molecule is CC(C)Oc1ccc2cc(S(=O)(=O)NC(C(=O)N3C4CCC3CC(NC(=O)OC(C)(C)C)C4)C(F)(F)c3ccc(Cl)cc3)ccc2c1. The van der Waals surface area contributed by atoms with Gasteiger partial charge in [-0.15, -0.1) is 0 Å². The zero-order valence-corrected chi connectivity index (χ0v) is 28.5. The van der Waals surface area contributed by atoms with E-state index < -0.39 is 57.2 Å². The highest BCUT2D eigenvalue weighted by Gasteiger charge is 2.54. The van der Waals surface area contributed by atoms with Gasteiger partial charge in [-0.25, -0.2) is 13.2 Å². The first-order valence-corrected chi connectivity index (χ1v) is 17.5. The monoisotopic (exact) mass is 691 g/mol. The van der Waals surface area contributed by atoms with E-state index in [1.165, 1.54) is 29.2 Å². The first kappa shape index (κ1) is 34.8. The Morgan fingerprint density at radius 3 is 2.13 bits per heavy atom. The van der Waals surface area contributed by atoms with Gasteiger partial charge in [0.1, 0.15) is 11.4 Å². The summed E-state index contributed by atoms with van der Waals surface area (Å²) in [5, 5.41) is 4.29.